The van der Waals surface area contributed by atoms with E-state index in [0.29, 0.717) is 17.7 Å². The quantitative estimate of drug-likeness (QED) is 0.783. The number of hydrogen-bond donors (Lipinski definition) is 1. The van der Waals surface area contributed by atoms with E-state index in [9.17, 15) is 17.6 Å². The summed E-state index contributed by atoms with van der Waals surface area (Å²) in [6.07, 6.45) is -1.80. The molecule has 2 aromatic rings. The van der Waals surface area contributed by atoms with E-state index >= 15 is 0 Å². The van der Waals surface area contributed by atoms with Gasteiger partial charge in [-0.15, -0.1) is 0 Å². The van der Waals surface area contributed by atoms with Crippen LogP contribution in [0.4, 0.5) is 17.6 Å². The number of hydrogen-bond acceptors (Lipinski definition) is 3. The highest BCUT2D eigenvalue weighted by Crippen LogP contribution is 2.43. The summed E-state index contributed by atoms with van der Waals surface area (Å²) < 4.78 is 53.3. The first-order valence-corrected chi connectivity index (χ1v) is 8.58. The van der Waals surface area contributed by atoms with E-state index in [1.807, 2.05) is 20.0 Å². The molecule has 140 valence electrons. The van der Waals surface area contributed by atoms with E-state index in [1.54, 1.807) is 6.92 Å². The highest BCUT2D eigenvalue weighted by atomic mass is 19.4. The highest BCUT2D eigenvalue weighted by molar-refractivity contribution is 5.65. The van der Waals surface area contributed by atoms with Crippen molar-refractivity contribution in [3.63, 3.8) is 0 Å². The van der Waals surface area contributed by atoms with E-state index in [1.165, 1.54) is 0 Å². The Labute approximate surface area is 149 Å². The summed E-state index contributed by atoms with van der Waals surface area (Å²) in [4.78, 5) is 7.77. The van der Waals surface area contributed by atoms with Crippen LogP contribution in [-0.2, 0) is 6.18 Å². The average molecular weight is 367 g/mol. The van der Waals surface area contributed by atoms with Gasteiger partial charge in [0, 0.05) is 23.7 Å². The second-order valence-electron chi connectivity index (χ2n) is 6.89. The normalized spacial score (nSPS) is 16.0. The molecule has 7 heteroatoms. The molecule has 2 heterocycles. The molecule has 3 nitrogen and oxygen atoms in total. The van der Waals surface area contributed by atoms with Gasteiger partial charge < -0.3 is 5.32 Å². The van der Waals surface area contributed by atoms with Gasteiger partial charge in [0.2, 0.25) is 0 Å². The molecule has 1 fully saturated rings. The molecule has 2 aromatic heterocycles. The second-order valence-corrected chi connectivity index (χ2v) is 6.89. The molecule has 26 heavy (non-hydrogen) atoms. The van der Waals surface area contributed by atoms with E-state index in [2.05, 4.69) is 15.3 Å². The van der Waals surface area contributed by atoms with Gasteiger partial charge >= 0.3 is 6.18 Å². The lowest BCUT2D eigenvalue weighted by Gasteiger charge is -2.19. The maximum Gasteiger partial charge on any atom is 0.433 e. The molecule has 0 bridgehead atoms. The molecule has 0 spiro atoms. The monoisotopic (exact) mass is 367 g/mol. The van der Waals surface area contributed by atoms with Crippen LogP contribution in [0.2, 0.25) is 0 Å². The number of halogens is 4. The van der Waals surface area contributed by atoms with Crippen molar-refractivity contribution in [2.45, 2.75) is 38.8 Å². The van der Waals surface area contributed by atoms with Crippen LogP contribution in [0.5, 0.6) is 0 Å². The molecule has 0 amide bonds. The van der Waals surface area contributed by atoms with Gasteiger partial charge in [-0.2, -0.15) is 13.2 Å². The van der Waals surface area contributed by atoms with Crippen molar-refractivity contribution < 1.29 is 17.6 Å². The minimum atomic E-state index is -4.63. The van der Waals surface area contributed by atoms with Crippen LogP contribution < -0.4 is 5.32 Å². The van der Waals surface area contributed by atoms with Gasteiger partial charge in [-0.3, -0.25) is 4.98 Å². The fourth-order valence-electron chi connectivity index (χ4n) is 3.22. The van der Waals surface area contributed by atoms with Crippen LogP contribution in [0.15, 0.2) is 18.3 Å². The third kappa shape index (κ3) is 3.72. The molecular formula is C19H21F4N3. The van der Waals surface area contributed by atoms with Crippen molar-refractivity contribution in [2.24, 2.45) is 5.92 Å². The largest absolute Gasteiger partial charge is 0.433 e. The lowest BCUT2D eigenvalue weighted by Crippen LogP contribution is -2.20. The Bertz CT molecular complexity index is 813. The van der Waals surface area contributed by atoms with Crippen LogP contribution in [0.1, 0.15) is 41.3 Å². The topological polar surface area (TPSA) is 37.8 Å². The third-order valence-corrected chi connectivity index (χ3v) is 4.95. The first kappa shape index (κ1) is 18.8. The van der Waals surface area contributed by atoms with Gasteiger partial charge in [-0.1, -0.05) is 0 Å². The van der Waals surface area contributed by atoms with E-state index in [-0.39, 0.29) is 17.2 Å². The molecule has 1 N–H and O–H groups in total. The minimum absolute atomic E-state index is 0.159. The molecule has 1 aliphatic carbocycles. The number of nitrogens with one attached hydrogen (secondary N) is 1. The van der Waals surface area contributed by atoms with Crippen LogP contribution in [0.25, 0.3) is 11.3 Å². The molecule has 3 rings (SSSR count). The van der Waals surface area contributed by atoms with Crippen LogP contribution in [0.3, 0.4) is 0 Å². The maximum atomic E-state index is 14.3. The number of nitrogens with zero attached hydrogens (tertiary/aromatic N) is 2. The van der Waals surface area contributed by atoms with Crippen LogP contribution >= 0.6 is 0 Å². The lowest BCUT2D eigenvalue weighted by atomic mass is 9.94. The number of pyridine rings is 2. The summed E-state index contributed by atoms with van der Waals surface area (Å²) >= 11 is 0. The Hall–Kier alpha value is -2.02. The zero-order valence-electron chi connectivity index (χ0n) is 14.9. The number of likely N-dealkylation sites (N-methyl/N-ethyl adjacent to an activating group) is 1. The van der Waals surface area contributed by atoms with Gasteiger partial charge in [-0.25, -0.2) is 9.37 Å². The Morgan fingerprint density at radius 2 is 1.92 bits per heavy atom. The summed E-state index contributed by atoms with van der Waals surface area (Å²) in [5.41, 5.74) is 1.33. The SMILES string of the molecule is CNCC(c1cc(C)c(C)c(-c2cc(C(F)(F)F)ncc2F)n1)C1CC1. The Kier molecular flexibility index (Phi) is 5.01. The predicted octanol–water partition coefficient (Wildman–Crippen LogP) is 4.63. The Morgan fingerprint density at radius 3 is 2.50 bits per heavy atom. The van der Waals surface area contributed by atoms with Gasteiger partial charge in [0.05, 0.1) is 11.9 Å². The molecule has 0 aliphatic heterocycles. The number of rotatable bonds is 5. The summed E-state index contributed by atoms with van der Waals surface area (Å²) in [5.74, 6) is -0.121. The van der Waals surface area contributed by atoms with E-state index < -0.39 is 17.7 Å². The van der Waals surface area contributed by atoms with Crippen molar-refractivity contribution >= 4 is 0 Å². The molecule has 0 aromatic carbocycles. The second kappa shape index (κ2) is 6.95. The lowest BCUT2D eigenvalue weighted by molar-refractivity contribution is -0.141. The molecule has 1 atom stereocenters. The molecule has 0 saturated heterocycles. The Balaban J connectivity index is 2.13. The molecular weight excluding hydrogens is 346 g/mol. The summed E-state index contributed by atoms with van der Waals surface area (Å²) in [7, 11) is 1.86. The fraction of sp³-hybridized carbons (Fsp3) is 0.474. The maximum absolute atomic E-state index is 14.3. The van der Waals surface area contributed by atoms with Crippen molar-refractivity contribution in [3.05, 3.63) is 46.7 Å². The van der Waals surface area contributed by atoms with Crippen LogP contribution in [0, 0.1) is 25.6 Å². The molecule has 1 unspecified atom stereocenters. The smallest absolute Gasteiger partial charge is 0.319 e. The molecule has 1 saturated carbocycles. The molecule has 1 aliphatic rings. The third-order valence-electron chi connectivity index (χ3n) is 4.95. The minimum Gasteiger partial charge on any atom is -0.319 e. The van der Waals surface area contributed by atoms with Crippen molar-refractivity contribution in [1.29, 1.82) is 0 Å². The van der Waals surface area contributed by atoms with Crippen molar-refractivity contribution in [3.8, 4) is 11.3 Å². The van der Waals surface area contributed by atoms with E-state index in [4.69, 9.17) is 0 Å². The highest BCUT2D eigenvalue weighted by Gasteiger charge is 2.35. The first-order chi connectivity index (χ1) is 12.2. The summed E-state index contributed by atoms with van der Waals surface area (Å²) in [6.45, 7) is 4.35. The van der Waals surface area contributed by atoms with E-state index in [0.717, 1.165) is 36.7 Å². The molecule has 0 radical (unpaired) electrons. The predicted molar refractivity (Wildman–Crippen MR) is 91.3 cm³/mol. The number of aryl methyl sites for hydroxylation is 1. The van der Waals surface area contributed by atoms with Gasteiger partial charge in [0.1, 0.15) is 5.69 Å². The zero-order valence-corrected chi connectivity index (χ0v) is 14.9. The number of aromatic nitrogens is 2. The Morgan fingerprint density at radius 1 is 1.23 bits per heavy atom. The van der Waals surface area contributed by atoms with Gasteiger partial charge in [0.15, 0.2) is 5.82 Å². The van der Waals surface area contributed by atoms with Crippen LogP contribution in [-0.4, -0.2) is 23.6 Å². The van der Waals surface area contributed by atoms with Crippen molar-refractivity contribution in [1.82, 2.24) is 15.3 Å². The van der Waals surface area contributed by atoms with Crippen molar-refractivity contribution in [2.75, 3.05) is 13.6 Å². The standard InChI is InChI=1S/C19H21F4N3/c1-10-6-16(14(8-24-3)12-4-5-12)26-18(11(10)2)13-7-17(19(21,22)23)25-9-15(13)20/h6-7,9,12,14,24H,4-5,8H2,1-3H3. The van der Waals surface area contributed by atoms with Gasteiger partial charge in [-0.05, 0) is 62.9 Å². The fourth-order valence-corrected chi connectivity index (χ4v) is 3.22. The average Bonchev–Trinajstić information content (AvgIpc) is 3.39. The number of alkyl halides is 3. The first-order valence-electron chi connectivity index (χ1n) is 8.58. The van der Waals surface area contributed by atoms with Gasteiger partial charge in [0.25, 0.3) is 0 Å². The summed E-state index contributed by atoms with van der Waals surface area (Å²) in [6, 6.07) is 2.71. The zero-order chi connectivity index (χ0) is 19.1. The summed E-state index contributed by atoms with van der Waals surface area (Å²) in [5, 5.41) is 3.15.